The topological polar surface area (TPSA) is 56.9 Å². The molecular formula is C12H13N3O2. The highest BCUT2D eigenvalue weighted by Crippen LogP contribution is 2.02. The van der Waals surface area contributed by atoms with Crippen molar-refractivity contribution in [3.8, 4) is 0 Å². The molecule has 0 atom stereocenters. The highest BCUT2D eigenvalue weighted by atomic mass is 16.2. The predicted molar refractivity (Wildman–Crippen MR) is 63.0 cm³/mol. The average Bonchev–Trinajstić information content (AvgIpc) is 2.70. The Hall–Kier alpha value is -2.17. The van der Waals surface area contributed by atoms with E-state index in [2.05, 4.69) is 4.98 Å². The van der Waals surface area contributed by atoms with E-state index in [0.29, 0.717) is 5.56 Å². The van der Waals surface area contributed by atoms with Crippen LogP contribution in [0.25, 0.3) is 0 Å². The maximum Gasteiger partial charge on any atom is 0.347 e. The van der Waals surface area contributed by atoms with Crippen molar-refractivity contribution in [1.82, 2.24) is 14.1 Å². The second-order valence-corrected chi connectivity index (χ2v) is 4.03. The standard InChI is InChI=1S/C12H13N3O2/c1-9-5-13-12(17)15(6-9)8-11(16)10-3-4-14(2)7-10/h3-7H,8H2,1-2H3. The van der Waals surface area contributed by atoms with Crippen LogP contribution in [-0.2, 0) is 13.6 Å². The number of nitrogens with zero attached hydrogens (tertiary/aromatic N) is 3. The van der Waals surface area contributed by atoms with Gasteiger partial charge in [-0.25, -0.2) is 9.78 Å². The molecule has 0 amide bonds. The van der Waals surface area contributed by atoms with E-state index in [0.717, 1.165) is 5.56 Å². The number of ketones is 1. The van der Waals surface area contributed by atoms with Crippen molar-refractivity contribution in [3.63, 3.8) is 0 Å². The van der Waals surface area contributed by atoms with Gasteiger partial charge in [0.05, 0.1) is 6.54 Å². The van der Waals surface area contributed by atoms with Crippen molar-refractivity contribution >= 4 is 5.78 Å². The molecule has 2 heterocycles. The molecule has 17 heavy (non-hydrogen) atoms. The van der Waals surface area contributed by atoms with Crippen LogP contribution in [0, 0.1) is 6.92 Å². The number of rotatable bonds is 3. The van der Waals surface area contributed by atoms with E-state index in [4.69, 9.17) is 0 Å². The first-order chi connectivity index (χ1) is 8.06. The maximum absolute atomic E-state index is 11.9. The summed E-state index contributed by atoms with van der Waals surface area (Å²) < 4.78 is 3.12. The first-order valence-corrected chi connectivity index (χ1v) is 5.24. The van der Waals surface area contributed by atoms with Crippen molar-refractivity contribution in [2.75, 3.05) is 0 Å². The molecular weight excluding hydrogens is 218 g/mol. The first-order valence-electron chi connectivity index (χ1n) is 5.24. The van der Waals surface area contributed by atoms with Gasteiger partial charge in [0.25, 0.3) is 0 Å². The van der Waals surface area contributed by atoms with Gasteiger partial charge < -0.3 is 4.57 Å². The highest BCUT2D eigenvalue weighted by Gasteiger charge is 2.09. The van der Waals surface area contributed by atoms with Gasteiger partial charge in [-0.1, -0.05) is 0 Å². The lowest BCUT2D eigenvalue weighted by Gasteiger charge is -2.03. The Bertz CT molecular complexity index is 610. The summed E-state index contributed by atoms with van der Waals surface area (Å²) in [5.41, 5.74) is 1.05. The lowest BCUT2D eigenvalue weighted by atomic mass is 10.2. The molecule has 0 fully saturated rings. The number of hydrogen-bond donors (Lipinski definition) is 0. The summed E-state index contributed by atoms with van der Waals surface area (Å²) in [5.74, 6) is -0.0971. The van der Waals surface area contributed by atoms with Crippen molar-refractivity contribution in [2.24, 2.45) is 7.05 Å². The third-order valence-corrected chi connectivity index (χ3v) is 2.45. The van der Waals surface area contributed by atoms with Gasteiger partial charge >= 0.3 is 5.69 Å². The number of aryl methyl sites for hydroxylation is 2. The third kappa shape index (κ3) is 2.50. The Morgan fingerprint density at radius 3 is 2.82 bits per heavy atom. The third-order valence-electron chi connectivity index (χ3n) is 2.45. The molecule has 0 N–H and O–H groups in total. The Balaban J connectivity index is 2.24. The predicted octanol–water partition coefficient (Wildman–Crippen LogP) is 0.773. The monoisotopic (exact) mass is 231 g/mol. The molecule has 5 nitrogen and oxygen atoms in total. The Kier molecular flexibility index (Phi) is 2.91. The molecule has 0 spiro atoms. The molecule has 0 saturated heterocycles. The molecule has 5 heteroatoms. The van der Waals surface area contributed by atoms with Crippen LogP contribution in [0.4, 0.5) is 0 Å². The molecule has 0 unspecified atom stereocenters. The lowest BCUT2D eigenvalue weighted by Crippen LogP contribution is -2.26. The van der Waals surface area contributed by atoms with E-state index in [9.17, 15) is 9.59 Å². The summed E-state index contributed by atoms with van der Waals surface area (Å²) in [6, 6.07) is 1.73. The second-order valence-electron chi connectivity index (χ2n) is 4.03. The highest BCUT2D eigenvalue weighted by molar-refractivity contribution is 5.95. The van der Waals surface area contributed by atoms with Crippen molar-refractivity contribution in [3.05, 3.63) is 52.5 Å². The fourth-order valence-corrected chi connectivity index (χ4v) is 1.59. The summed E-state index contributed by atoms with van der Waals surface area (Å²) in [4.78, 5) is 27.0. The zero-order chi connectivity index (χ0) is 12.4. The number of aromatic nitrogens is 3. The van der Waals surface area contributed by atoms with E-state index < -0.39 is 5.69 Å². The minimum absolute atomic E-state index is 0.0253. The van der Waals surface area contributed by atoms with Crippen LogP contribution in [0.2, 0.25) is 0 Å². The first kappa shape index (κ1) is 11.3. The number of carbonyl (C=O) groups excluding carboxylic acids is 1. The normalized spacial score (nSPS) is 10.5. The van der Waals surface area contributed by atoms with Crippen molar-refractivity contribution < 1.29 is 4.79 Å². The molecule has 0 saturated carbocycles. The quantitative estimate of drug-likeness (QED) is 0.733. The van der Waals surface area contributed by atoms with Crippen molar-refractivity contribution in [1.29, 1.82) is 0 Å². The molecule has 2 aromatic heterocycles. The minimum atomic E-state index is -0.403. The molecule has 2 rings (SSSR count). The van der Waals surface area contributed by atoms with Gasteiger partial charge in [-0.3, -0.25) is 9.36 Å². The van der Waals surface area contributed by atoms with Gasteiger partial charge in [0, 0.05) is 37.4 Å². The Morgan fingerprint density at radius 2 is 2.18 bits per heavy atom. The van der Waals surface area contributed by atoms with Crippen LogP contribution in [-0.4, -0.2) is 19.9 Å². The van der Waals surface area contributed by atoms with E-state index in [1.54, 1.807) is 29.2 Å². The maximum atomic E-state index is 11.9. The van der Waals surface area contributed by atoms with Gasteiger partial charge in [-0.05, 0) is 18.6 Å². The Morgan fingerprint density at radius 1 is 1.41 bits per heavy atom. The average molecular weight is 231 g/mol. The molecule has 88 valence electrons. The Labute approximate surface area is 98.3 Å². The van der Waals surface area contributed by atoms with Crippen LogP contribution in [0.15, 0.2) is 35.6 Å². The molecule has 2 aromatic rings. The van der Waals surface area contributed by atoms with E-state index >= 15 is 0 Å². The van der Waals surface area contributed by atoms with Crippen LogP contribution in [0.1, 0.15) is 15.9 Å². The second kappa shape index (κ2) is 4.37. The van der Waals surface area contributed by atoms with Gasteiger partial charge in [-0.15, -0.1) is 0 Å². The molecule has 0 aromatic carbocycles. The summed E-state index contributed by atoms with van der Waals surface area (Å²) >= 11 is 0. The van der Waals surface area contributed by atoms with Gasteiger partial charge in [0.2, 0.25) is 0 Å². The zero-order valence-corrected chi connectivity index (χ0v) is 9.75. The lowest BCUT2D eigenvalue weighted by molar-refractivity contribution is 0.0970. The van der Waals surface area contributed by atoms with E-state index in [1.165, 1.54) is 10.8 Å². The fourth-order valence-electron chi connectivity index (χ4n) is 1.59. The van der Waals surface area contributed by atoms with Crippen LogP contribution < -0.4 is 5.69 Å². The molecule has 0 aliphatic carbocycles. The largest absolute Gasteiger partial charge is 0.357 e. The van der Waals surface area contributed by atoms with Gasteiger partial charge in [-0.2, -0.15) is 0 Å². The summed E-state index contributed by atoms with van der Waals surface area (Å²) in [7, 11) is 1.84. The number of carbonyl (C=O) groups is 1. The van der Waals surface area contributed by atoms with Gasteiger partial charge in [0.15, 0.2) is 5.78 Å². The fraction of sp³-hybridized carbons (Fsp3) is 0.250. The molecule has 0 bridgehead atoms. The summed E-state index contributed by atoms with van der Waals surface area (Å²) in [6.07, 6.45) is 6.66. The molecule has 0 aliphatic heterocycles. The molecule has 0 radical (unpaired) electrons. The van der Waals surface area contributed by atoms with Crippen LogP contribution >= 0.6 is 0 Å². The SMILES string of the molecule is Cc1cnc(=O)n(CC(=O)c2ccn(C)c2)c1. The van der Waals surface area contributed by atoms with Crippen LogP contribution in [0.3, 0.4) is 0 Å². The van der Waals surface area contributed by atoms with Crippen LogP contribution in [0.5, 0.6) is 0 Å². The smallest absolute Gasteiger partial charge is 0.347 e. The number of Topliss-reactive ketones (excluding diaryl/α,β-unsaturated/α-hetero) is 1. The minimum Gasteiger partial charge on any atom is -0.357 e. The van der Waals surface area contributed by atoms with Crippen molar-refractivity contribution in [2.45, 2.75) is 13.5 Å². The van der Waals surface area contributed by atoms with Gasteiger partial charge in [0.1, 0.15) is 0 Å². The van der Waals surface area contributed by atoms with E-state index in [1.807, 2.05) is 14.0 Å². The molecule has 0 aliphatic rings. The summed E-state index contributed by atoms with van der Waals surface area (Å²) in [6.45, 7) is 1.85. The number of hydrogen-bond acceptors (Lipinski definition) is 3. The van der Waals surface area contributed by atoms with E-state index in [-0.39, 0.29) is 12.3 Å². The summed E-state index contributed by atoms with van der Waals surface area (Å²) in [5, 5.41) is 0. The zero-order valence-electron chi connectivity index (χ0n) is 9.75.